The Morgan fingerprint density at radius 2 is 1.91 bits per heavy atom. The molecule has 0 fully saturated rings. The first-order valence-corrected chi connectivity index (χ1v) is 8.13. The van der Waals surface area contributed by atoms with E-state index >= 15 is 0 Å². The number of nitrogens with one attached hydrogen (secondary N) is 1. The standard InChI is InChI=1S/C19H29NO2/c1-5-6-9-16-11-13-17(14-12-16)10-7-8-15-20-18(21)22-19(2,3)4/h7,10-14H,5-6,8-9,15H2,1-4H3,(H,20,21). The second kappa shape index (κ2) is 9.29. The predicted molar refractivity (Wildman–Crippen MR) is 92.9 cm³/mol. The van der Waals surface area contributed by atoms with Gasteiger partial charge < -0.3 is 10.1 Å². The monoisotopic (exact) mass is 303 g/mol. The highest BCUT2D eigenvalue weighted by atomic mass is 16.6. The first-order valence-electron chi connectivity index (χ1n) is 8.13. The van der Waals surface area contributed by atoms with E-state index in [9.17, 15) is 4.79 Å². The molecular weight excluding hydrogens is 274 g/mol. The predicted octanol–water partition coefficient (Wildman–Crippen LogP) is 4.96. The molecule has 0 aliphatic heterocycles. The van der Waals surface area contributed by atoms with Crippen LogP contribution in [0.4, 0.5) is 4.79 Å². The summed E-state index contributed by atoms with van der Waals surface area (Å²) in [7, 11) is 0. The van der Waals surface area contributed by atoms with Gasteiger partial charge in [0, 0.05) is 6.54 Å². The Morgan fingerprint density at radius 1 is 1.23 bits per heavy atom. The van der Waals surface area contributed by atoms with E-state index in [0.29, 0.717) is 6.54 Å². The smallest absolute Gasteiger partial charge is 0.407 e. The van der Waals surface area contributed by atoms with Crippen molar-refractivity contribution in [3.05, 3.63) is 41.5 Å². The van der Waals surface area contributed by atoms with Gasteiger partial charge in [0.05, 0.1) is 0 Å². The third-order valence-corrected chi connectivity index (χ3v) is 3.09. The van der Waals surface area contributed by atoms with Gasteiger partial charge in [-0.1, -0.05) is 49.8 Å². The summed E-state index contributed by atoms with van der Waals surface area (Å²) in [6.45, 7) is 8.37. The van der Waals surface area contributed by atoms with Gasteiger partial charge in [-0.25, -0.2) is 4.79 Å². The van der Waals surface area contributed by atoms with Crippen molar-refractivity contribution in [2.24, 2.45) is 0 Å². The zero-order valence-electron chi connectivity index (χ0n) is 14.3. The van der Waals surface area contributed by atoms with Crippen molar-refractivity contribution in [3.8, 4) is 0 Å². The molecule has 3 nitrogen and oxygen atoms in total. The van der Waals surface area contributed by atoms with Crippen LogP contribution in [0.15, 0.2) is 30.3 Å². The quantitative estimate of drug-likeness (QED) is 0.723. The number of rotatable bonds is 7. The van der Waals surface area contributed by atoms with Gasteiger partial charge in [-0.05, 0) is 51.2 Å². The zero-order chi connectivity index (χ0) is 16.4. The topological polar surface area (TPSA) is 38.3 Å². The minimum absolute atomic E-state index is 0.360. The molecule has 22 heavy (non-hydrogen) atoms. The Labute approximate surface area is 134 Å². The molecule has 0 saturated carbocycles. The number of hydrogen-bond donors (Lipinski definition) is 1. The third-order valence-electron chi connectivity index (χ3n) is 3.09. The Morgan fingerprint density at radius 3 is 2.50 bits per heavy atom. The van der Waals surface area contributed by atoms with E-state index in [4.69, 9.17) is 4.74 Å². The maximum absolute atomic E-state index is 11.5. The molecule has 0 heterocycles. The van der Waals surface area contributed by atoms with Crippen LogP contribution < -0.4 is 5.32 Å². The van der Waals surface area contributed by atoms with Crippen molar-refractivity contribution in [1.29, 1.82) is 0 Å². The van der Waals surface area contributed by atoms with Crippen LogP contribution in [-0.2, 0) is 11.2 Å². The van der Waals surface area contributed by atoms with Crippen molar-refractivity contribution in [3.63, 3.8) is 0 Å². The number of benzene rings is 1. The maximum Gasteiger partial charge on any atom is 0.407 e. The number of unbranched alkanes of at least 4 members (excludes halogenated alkanes) is 1. The summed E-state index contributed by atoms with van der Waals surface area (Å²) in [4.78, 5) is 11.5. The molecule has 122 valence electrons. The molecular formula is C19H29NO2. The van der Waals surface area contributed by atoms with E-state index in [-0.39, 0.29) is 6.09 Å². The molecule has 0 aromatic heterocycles. The Bertz CT molecular complexity index is 469. The highest BCUT2D eigenvalue weighted by Gasteiger charge is 2.15. The zero-order valence-corrected chi connectivity index (χ0v) is 14.3. The molecule has 1 amide bonds. The van der Waals surface area contributed by atoms with Gasteiger partial charge >= 0.3 is 6.09 Å². The van der Waals surface area contributed by atoms with Crippen LogP contribution in [0, 0.1) is 0 Å². The van der Waals surface area contributed by atoms with E-state index in [1.807, 2.05) is 20.8 Å². The highest BCUT2D eigenvalue weighted by molar-refractivity contribution is 5.67. The summed E-state index contributed by atoms with van der Waals surface area (Å²) >= 11 is 0. The average molecular weight is 303 g/mol. The largest absolute Gasteiger partial charge is 0.444 e. The fraction of sp³-hybridized carbons (Fsp3) is 0.526. The summed E-state index contributed by atoms with van der Waals surface area (Å²) in [6, 6.07) is 8.66. The summed E-state index contributed by atoms with van der Waals surface area (Å²) < 4.78 is 5.17. The molecule has 3 heteroatoms. The summed E-state index contributed by atoms with van der Waals surface area (Å²) in [5.41, 5.74) is 2.14. The number of carbonyl (C=O) groups excluding carboxylic acids is 1. The van der Waals surface area contributed by atoms with Gasteiger partial charge in [-0.15, -0.1) is 0 Å². The van der Waals surface area contributed by atoms with Crippen LogP contribution in [0.2, 0.25) is 0 Å². The van der Waals surface area contributed by atoms with Crippen LogP contribution in [0.1, 0.15) is 58.1 Å². The fourth-order valence-corrected chi connectivity index (χ4v) is 1.97. The Balaban J connectivity index is 2.27. The minimum atomic E-state index is -0.445. The molecule has 0 atom stereocenters. The lowest BCUT2D eigenvalue weighted by Crippen LogP contribution is -2.32. The van der Waals surface area contributed by atoms with E-state index in [2.05, 4.69) is 48.7 Å². The Kier molecular flexibility index (Phi) is 7.72. The van der Waals surface area contributed by atoms with E-state index in [1.165, 1.54) is 24.0 Å². The number of ether oxygens (including phenoxy) is 1. The summed E-state index contributed by atoms with van der Waals surface area (Å²) in [6.07, 6.45) is 8.20. The van der Waals surface area contributed by atoms with E-state index < -0.39 is 5.60 Å². The molecule has 1 aromatic rings. The molecule has 0 spiro atoms. The SMILES string of the molecule is CCCCc1ccc(C=CCCNC(=O)OC(C)(C)C)cc1. The van der Waals surface area contributed by atoms with Gasteiger partial charge in [-0.2, -0.15) is 0 Å². The second-order valence-corrected chi connectivity index (χ2v) is 6.46. The van der Waals surface area contributed by atoms with E-state index in [0.717, 1.165) is 12.8 Å². The molecule has 0 unspecified atom stereocenters. The average Bonchev–Trinajstić information content (AvgIpc) is 2.44. The number of aryl methyl sites for hydroxylation is 1. The van der Waals surface area contributed by atoms with Gasteiger partial charge in [0.15, 0.2) is 0 Å². The third kappa shape index (κ3) is 8.50. The number of alkyl carbamates (subject to hydrolysis) is 1. The number of carbonyl (C=O) groups is 1. The Hall–Kier alpha value is -1.77. The van der Waals surface area contributed by atoms with Crippen LogP contribution in [-0.4, -0.2) is 18.2 Å². The maximum atomic E-state index is 11.5. The van der Waals surface area contributed by atoms with Gasteiger partial charge in [0.25, 0.3) is 0 Å². The molecule has 1 aromatic carbocycles. The van der Waals surface area contributed by atoms with Crippen molar-refractivity contribution in [1.82, 2.24) is 5.32 Å². The lowest BCUT2D eigenvalue weighted by atomic mass is 10.1. The number of amides is 1. The van der Waals surface area contributed by atoms with E-state index in [1.54, 1.807) is 0 Å². The first-order chi connectivity index (χ1) is 10.4. The normalized spacial score (nSPS) is 11.6. The molecule has 0 saturated heterocycles. The van der Waals surface area contributed by atoms with Crippen molar-refractivity contribution >= 4 is 12.2 Å². The van der Waals surface area contributed by atoms with Crippen molar-refractivity contribution < 1.29 is 9.53 Å². The van der Waals surface area contributed by atoms with Crippen LogP contribution in [0.25, 0.3) is 6.08 Å². The summed E-state index contributed by atoms with van der Waals surface area (Å²) in [5, 5.41) is 2.75. The molecule has 0 radical (unpaired) electrons. The lowest BCUT2D eigenvalue weighted by Gasteiger charge is -2.19. The van der Waals surface area contributed by atoms with Crippen molar-refractivity contribution in [2.75, 3.05) is 6.54 Å². The van der Waals surface area contributed by atoms with Gasteiger partial charge in [-0.3, -0.25) is 0 Å². The lowest BCUT2D eigenvalue weighted by molar-refractivity contribution is 0.0529. The molecule has 1 rings (SSSR count). The fourth-order valence-electron chi connectivity index (χ4n) is 1.97. The first kappa shape index (κ1) is 18.3. The molecule has 0 aliphatic rings. The highest BCUT2D eigenvalue weighted by Crippen LogP contribution is 2.09. The molecule has 0 bridgehead atoms. The minimum Gasteiger partial charge on any atom is -0.444 e. The van der Waals surface area contributed by atoms with Crippen LogP contribution >= 0.6 is 0 Å². The van der Waals surface area contributed by atoms with Gasteiger partial charge in [0.2, 0.25) is 0 Å². The molecule has 0 aliphatic carbocycles. The van der Waals surface area contributed by atoms with Crippen molar-refractivity contribution in [2.45, 2.75) is 59.0 Å². The van der Waals surface area contributed by atoms with Gasteiger partial charge in [0.1, 0.15) is 5.60 Å². The molecule has 1 N–H and O–H groups in total. The van der Waals surface area contributed by atoms with Crippen LogP contribution in [0.5, 0.6) is 0 Å². The summed E-state index contributed by atoms with van der Waals surface area (Å²) in [5.74, 6) is 0. The van der Waals surface area contributed by atoms with Crippen LogP contribution in [0.3, 0.4) is 0 Å². The second-order valence-electron chi connectivity index (χ2n) is 6.46. The number of hydrogen-bond acceptors (Lipinski definition) is 2.